The zero-order valence-corrected chi connectivity index (χ0v) is 14.8. The molecule has 2 bridgehead atoms. The number of carbonyl (C=O) groups excluding carboxylic acids is 1. The fourth-order valence-electron chi connectivity index (χ4n) is 3.65. The molecule has 1 fully saturated rings. The van der Waals surface area contributed by atoms with Crippen molar-refractivity contribution >= 4 is 18.4 Å². The monoisotopic (exact) mass is 350 g/mol. The molecule has 0 aromatic carbocycles. The number of terminal acetylenes is 1. The number of pyridine rings is 1. The van der Waals surface area contributed by atoms with Crippen molar-refractivity contribution in [1.29, 1.82) is 0 Å². The number of esters is 1. The molecule has 0 spiro atoms. The number of piperidine rings is 1. The lowest BCUT2D eigenvalue weighted by atomic mass is 9.83. The molecule has 0 aliphatic carbocycles. The maximum Gasteiger partial charge on any atom is 0.321 e. The van der Waals surface area contributed by atoms with Crippen LogP contribution in [0.5, 0.6) is 0 Å². The smallest absolute Gasteiger partial charge is 0.321 e. The van der Waals surface area contributed by atoms with Crippen molar-refractivity contribution in [2.45, 2.75) is 38.3 Å². The number of halogens is 1. The highest BCUT2D eigenvalue weighted by molar-refractivity contribution is 5.85. The van der Waals surface area contributed by atoms with Gasteiger partial charge in [0.2, 0.25) is 0 Å². The molecular formula is C18H23ClN2O3. The minimum absolute atomic E-state index is 0. The Hall–Kier alpha value is -1.77. The first-order valence-electron chi connectivity index (χ1n) is 7.99. The van der Waals surface area contributed by atoms with Gasteiger partial charge in [-0.25, -0.2) is 0 Å². The first-order chi connectivity index (χ1) is 10.9. The number of hydrogen-bond donors (Lipinski definition) is 0. The lowest BCUT2D eigenvalue weighted by Gasteiger charge is -2.42. The number of aromatic nitrogens is 1. The number of nitrogens with zero attached hydrogens (tertiary/aromatic N) is 2. The van der Waals surface area contributed by atoms with E-state index in [1.807, 2.05) is 16.7 Å². The zero-order valence-electron chi connectivity index (χ0n) is 14.0. The van der Waals surface area contributed by atoms with Crippen molar-refractivity contribution in [3.8, 4) is 12.3 Å². The maximum absolute atomic E-state index is 12.1. The van der Waals surface area contributed by atoms with E-state index < -0.39 is 5.60 Å². The van der Waals surface area contributed by atoms with Gasteiger partial charge in [0.25, 0.3) is 5.56 Å². The molecule has 2 atom stereocenters. The predicted molar refractivity (Wildman–Crippen MR) is 94.2 cm³/mol. The Bertz CT molecular complexity index is 720. The van der Waals surface area contributed by atoms with E-state index in [1.54, 1.807) is 19.9 Å². The Morgan fingerprint density at radius 3 is 2.83 bits per heavy atom. The second-order valence-corrected chi connectivity index (χ2v) is 7.02. The standard InChI is InChI=1S/C18H22N2O3.ClH/c1-4-18(2,3)23-17(22)12-19-9-13-8-14(11-19)15-6-5-7-16(21)20(15)10-13;/h1,5-7,13-14H,8-12H2,2-3H3;1H/t13-,14-;/m1./s1. The van der Waals surface area contributed by atoms with E-state index >= 15 is 0 Å². The summed E-state index contributed by atoms with van der Waals surface area (Å²) in [5.41, 5.74) is 0.277. The van der Waals surface area contributed by atoms with Crippen LogP contribution in [0.1, 0.15) is 31.9 Å². The van der Waals surface area contributed by atoms with E-state index in [-0.39, 0.29) is 30.5 Å². The fourth-order valence-corrected chi connectivity index (χ4v) is 3.65. The van der Waals surface area contributed by atoms with Gasteiger partial charge >= 0.3 is 5.97 Å². The highest BCUT2D eigenvalue weighted by Crippen LogP contribution is 2.34. The molecule has 1 aromatic rings. The minimum Gasteiger partial charge on any atom is -0.445 e. The molecule has 3 heterocycles. The average molecular weight is 351 g/mol. The van der Waals surface area contributed by atoms with Crippen LogP contribution in [0.25, 0.3) is 0 Å². The Kier molecular flexibility index (Phi) is 5.42. The van der Waals surface area contributed by atoms with E-state index in [9.17, 15) is 9.59 Å². The lowest BCUT2D eigenvalue weighted by Crippen LogP contribution is -2.49. The second kappa shape index (κ2) is 7.00. The molecule has 3 rings (SSSR count). The van der Waals surface area contributed by atoms with Crippen molar-refractivity contribution in [3.63, 3.8) is 0 Å². The highest BCUT2D eigenvalue weighted by atomic mass is 35.5. The van der Waals surface area contributed by atoms with Crippen molar-refractivity contribution in [2.75, 3.05) is 19.6 Å². The van der Waals surface area contributed by atoms with Crippen LogP contribution in [0.3, 0.4) is 0 Å². The minimum atomic E-state index is -0.872. The third kappa shape index (κ3) is 3.82. The van der Waals surface area contributed by atoms with Gasteiger partial charge in [-0.05, 0) is 32.3 Å². The normalized spacial score (nSPS) is 22.7. The molecule has 24 heavy (non-hydrogen) atoms. The third-order valence-electron chi connectivity index (χ3n) is 4.62. The molecule has 0 amide bonds. The zero-order chi connectivity index (χ0) is 16.6. The molecule has 0 radical (unpaired) electrons. The van der Waals surface area contributed by atoms with E-state index in [4.69, 9.17) is 11.2 Å². The summed E-state index contributed by atoms with van der Waals surface area (Å²) in [6.07, 6.45) is 6.43. The highest BCUT2D eigenvalue weighted by Gasteiger charge is 2.35. The van der Waals surface area contributed by atoms with E-state index in [0.29, 0.717) is 11.8 Å². The summed E-state index contributed by atoms with van der Waals surface area (Å²) >= 11 is 0. The van der Waals surface area contributed by atoms with Crippen molar-refractivity contribution in [2.24, 2.45) is 5.92 Å². The van der Waals surface area contributed by atoms with Gasteiger partial charge in [0.1, 0.15) is 0 Å². The molecular weight excluding hydrogens is 328 g/mol. The van der Waals surface area contributed by atoms with Gasteiger partial charge in [-0.1, -0.05) is 12.0 Å². The number of hydrogen-bond acceptors (Lipinski definition) is 4. The number of carbonyl (C=O) groups is 1. The van der Waals surface area contributed by atoms with E-state index in [1.165, 1.54) is 0 Å². The number of fused-ring (bicyclic) bond motifs is 4. The number of likely N-dealkylation sites (tertiary alicyclic amines) is 1. The van der Waals surface area contributed by atoms with Gasteiger partial charge in [0, 0.05) is 37.3 Å². The molecule has 6 heteroatoms. The first kappa shape index (κ1) is 18.6. The van der Waals surface area contributed by atoms with Crippen LogP contribution < -0.4 is 5.56 Å². The second-order valence-electron chi connectivity index (χ2n) is 7.02. The Morgan fingerprint density at radius 2 is 2.12 bits per heavy atom. The van der Waals surface area contributed by atoms with Crippen LogP contribution in [0.4, 0.5) is 0 Å². The summed E-state index contributed by atoms with van der Waals surface area (Å²) < 4.78 is 7.21. The predicted octanol–water partition coefficient (Wildman–Crippen LogP) is 1.64. The summed E-state index contributed by atoms with van der Waals surface area (Å²) in [4.78, 5) is 26.2. The topological polar surface area (TPSA) is 51.5 Å². The number of rotatable bonds is 3. The number of ether oxygens (including phenoxy) is 1. The van der Waals surface area contributed by atoms with Gasteiger partial charge in [0.05, 0.1) is 6.54 Å². The van der Waals surface area contributed by atoms with E-state index in [0.717, 1.165) is 31.7 Å². The van der Waals surface area contributed by atoms with Crippen molar-refractivity contribution in [3.05, 3.63) is 34.2 Å². The Labute approximate surface area is 148 Å². The average Bonchev–Trinajstić information content (AvgIpc) is 2.47. The van der Waals surface area contributed by atoms with Gasteiger partial charge in [0.15, 0.2) is 5.60 Å². The molecule has 2 aliphatic heterocycles. The molecule has 0 unspecified atom stereocenters. The molecule has 0 N–H and O–H groups in total. The quantitative estimate of drug-likeness (QED) is 0.614. The Balaban J connectivity index is 0.00000208. The summed E-state index contributed by atoms with van der Waals surface area (Å²) in [6.45, 7) is 5.97. The fraction of sp³-hybridized carbons (Fsp3) is 0.556. The maximum atomic E-state index is 12.1. The van der Waals surface area contributed by atoms with Gasteiger partial charge in [-0.15, -0.1) is 18.8 Å². The molecule has 0 saturated carbocycles. The van der Waals surface area contributed by atoms with Gasteiger partial charge in [-0.2, -0.15) is 0 Å². The van der Waals surface area contributed by atoms with Crippen LogP contribution in [-0.4, -0.2) is 40.7 Å². The summed E-state index contributed by atoms with van der Waals surface area (Å²) in [6, 6.07) is 5.45. The van der Waals surface area contributed by atoms with Crippen LogP contribution in [0.2, 0.25) is 0 Å². The van der Waals surface area contributed by atoms with E-state index in [2.05, 4.69) is 10.8 Å². The summed E-state index contributed by atoms with van der Waals surface area (Å²) in [7, 11) is 0. The molecule has 1 aromatic heterocycles. The van der Waals surface area contributed by atoms with Crippen molar-refractivity contribution < 1.29 is 9.53 Å². The van der Waals surface area contributed by atoms with Crippen LogP contribution >= 0.6 is 12.4 Å². The molecule has 5 nitrogen and oxygen atoms in total. The van der Waals surface area contributed by atoms with Gasteiger partial charge < -0.3 is 9.30 Å². The lowest BCUT2D eigenvalue weighted by molar-refractivity contribution is -0.153. The molecule has 2 aliphatic rings. The summed E-state index contributed by atoms with van der Waals surface area (Å²) in [5, 5.41) is 0. The van der Waals surface area contributed by atoms with Crippen LogP contribution in [0.15, 0.2) is 23.0 Å². The van der Waals surface area contributed by atoms with Crippen molar-refractivity contribution in [1.82, 2.24) is 9.47 Å². The Morgan fingerprint density at radius 1 is 1.38 bits per heavy atom. The largest absolute Gasteiger partial charge is 0.445 e. The summed E-state index contributed by atoms with van der Waals surface area (Å²) in [5.74, 6) is 2.87. The van der Waals surface area contributed by atoms with Crippen LogP contribution in [-0.2, 0) is 16.1 Å². The molecule has 130 valence electrons. The first-order valence-corrected chi connectivity index (χ1v) is 7.99. The third-order valence-corrected chi connectivity index (χ3v) is 4.62. The molecule has 1 saturated heterocycles. The van der Waals surface area contributed by atoms with Crippen LogP contribution in [0, 0.1) is 18.3 Å². The van der Waals surface area contributed by atoms with Gasteiger partial charge in [-0.3, -0.25) is 14.5 Å². The SMILES string of the molecule is C#CC(C)(C)OC(=O)CN1C[C@H]2C[C@H](C1)c1cccc(=O)n1C2.Cl.